The third kappa shape index (κ3) is 5.48. The molecule has 3 N–H and O–H groups in total. The number of fused-ring (bicyclic) bond motifs is 1. The Kier molecular flexibility index (Phi) is 7.40. The van der Waals surface area contributed by atoms with Gasteiger partial charge in [-0.2, -0.15) is 9.97 Å². The maximum atomic E-state index is 14.2. The number of anilines is 1. The molecule has 9 nitrogen and oxygen atoms in total. The second kappa shape index (κ2) is 10.2. The van der Waals surface area contributed by atoms with Gasteiger partial charge >= 0.3 is 6.09 Å². The Balaban J connectivity index is 1.43. The fourth-order valence-electron chi connectivity index (χ4n) is 2.87. The van der Waals surface area contributed by atoms with Gasteiger partial charge in [0.25, 0.3) is 0 Å². The number of imidazole rings is 1. The second-order valence-electron chi connectivity index (χ2n) is 6.46. The Labute approximate surface area is 181 Å². The first-order valence-corrected chi connectivity index (χ1v) is 9.92. The molecule has 2 heterocycles. The molecule has 3 rings (SSSR count). The monoisotopic (exact) mass is 454 g/mol. The average molecular weight is 455 g/mol. The van der Waals surface area contributed by atoms with E-state index in [4.69, 9.17) is 26.8 Å². The van der Waals surface area contributed by atoms with Crippen molar-refractivity contribution in [2.75, 3.05) is 18.9 Å². The van der Waals surface area contributed by atoms with Gasteiger partial charge in [0.15, 0.2) is 23.0 Å². The van der Waals surface area contributed by atoms with Crippen molar-refractivity contribution in [2.24, 2.45) is 0 Å². The Morgan fingerprint density at radius 2 is 2.10 bits per heavy atom. The molecule has 12 heteroatoms. The molecule has 0 fully saturated rings. The van der Waals surface area contributed by atoms with Crippen LogP contribution in [-0.2, 0) is 17.8 Å². The molecule has 0 unspecified atom stereocenters. The number of nitrogens with one attached hydrogen (secondary N) is 1. The van der Waals surface area contributed by atoms with Crippen molar-refractivity contribution in [3.05, 3.63) is 40.9 Å². The van der Waals surface area contributed by atoms with Crippen molar-refractivity contribution >= 4 is 34.7 Å². The minimum absolute atomic E-state index is 0.0337. The van der Waals surface area contributed by atoms with Crippen LogP contribution >= 0.6 is 11.6 Å². The van der Waals surface area contributed by atoms with Gasteiger partial charge in [-0.05, 0) is 43.5 Å². The molecule has 0 atom stereocenters. The Hall–Kier alpha value is -3.21. The number of carbonyl (C=O) groups is 1. The molecule has 1 aromatic carbocycles. The lowest BCUT2D eigenvalue weighted by Crippen LogP contribution is -2.25. The summed E-state index contributed by atoms with van der Waals surface area (Å²) in [7, 11) is 0. The highest BCUT2D eigenvalue weighted by Gasteiger charge is 2.16. The van der Waals surface area contributed by atoms with Gasteiger partial charge in [-0.1, -0.05) is 0 Å². The topological polar surface area (TPSA) is 117 Å². The third-order valence-electron chi connectivity index (χ3n) is 4.35. The number of nitrogen functional groups attached to an aromatic ring is 1. The number of aryl methyl sites for hydroxylation is 1. The van der Waals surface area contributed by atoms with Crippen LogP contribution in [0.25, 0.3) is 11.2 Å². The number of aromatic nitrogens is 4. The number of alkyl carbamates (subject to hydrolysis) is 1. The second-order valence-corrected chi connectivity index (χ2v) is 6.79. The molecule has 166 valence electrons. The number of nitrogens with zero attached hydrogens (tertiary/aromatic N) is 4. The van der Waals surface area contributed by atoms with Crippen LogP contribution in [0.4, 0.5) is 19.4 Å². The molecule has 0 saturated heterocycles. The molecular formula is C19H21ClF2N6O3. The standard InChI is InChI=1S/C19H21ClF2N6O3/c1-2-30-13-6-5-12(21)11(14(13)22)9-24-19(29)31-8-4-3-7-28-10-25-15-16(23)26-18(20)27-17(15)28/h5-6,10H,2-4,7-9H2,1H3,(H,24,29)(H2,23,26,27). The van der Waals surface area contributed by atoms with Crippen molar-refractivity contribution in [1.82, 2.24) is 24.8 Å². The van der Waals surface area contributed by atoms with Crippen molar-refractivity contribution in [3.8, 4) is 5.75 Å². The van der Waals surface area contributed by atoms with Gasteiger partial charge in [0.2, 0.25) is 5.28 Å². The largest absolute Gasteiger partial charge is 0.491 e. The van der Waals surface area contributed by atoms with E-state index in [2.05, 4.69) is 20.3 Å². The van der Waals surface area contributed by atoms with Gasteiger partial charge in [0.1, 0.15) is 11.3 Å². The number of halogens is 3. The van der Waals surface area contributed by atoms with Crippen LogP contribution in [0, 0.1) is 11.6 Å². The lowest BCUT2D eigenvalue weighted by Gasteiger charge is -2.11. The molecule has 3 aromatic rings. The summed E-state index contributed by atoms with van der Waals surface area (Å²) < 4.78 is 40.0. The third-order valence-corrected chi connectivity index (χ3v) is 4.52. The summed E-state index contributed by atoms with van der Waals surface area (Å²) in [6.45, 7) is 2.24. The number of carbonyl (C=O) groups excluding carboxylic acids is 1. The smallest absolute Gasteiger partial charge is 0.407 e. The summed E-state index contributed by atoms with van der Waals surface area (Å²) in [5.74, 6) is -1.50. The lowest BCUT2D eigenvalue weighted by molar-refractivity contribution is 0.143. The quantitative estimate of drug-likeness (QED) is 0.375. The molecule has 0 radical (unpaired) electrons. The van der Waals surface area contributed by atoms with Crippen molar-refractivity contribution in [3.63, 3.8) is 0 Å². The Bertz CT molecular complexity index is 1080. The van der Waals surface area contributed by atoms with E-state index >= 15 is 0 Å². The molecule has 1 amide bonds. The van der Waals surface area contributed by atoms with Crippen molar-refractivity contribution < 1.29 is 23.0 Å². The van der Waals surface area contributed by atoms with Gasteiger partial charge in [0.05, 0.1) is 26.1 Å². The predicted molar refractivity (Wildman–Crippen MR) is 110 cm³/mol. The first kappa shape index (κ1) is 22.5. The van der Waals surface area contributed by atoms with E-state index in [1.165, 1.54) is 6.07 Å². The number of rotatable bonds is 9. The van der Waals surface area contributed by atoms with Gasteiger partial charge in [-0.25, -0.2) is 18.6 Å². The van der Waals surface area contributed by atoms with E-state index < -0.39 is 17.7 Å². The highest BCUT2D eigenvalue weighted by molar-refractivity contribution is 6.28. The molecule has 0 aliphatic heterocycles. The van der Waals surface area contributed by atoms with Crippen LogP contribution in [0.2, 0.25) is 5.28 Å². The number of ether oxygens (including phenoxy) is 2. The number of hydrogen-bond acceptors (Lipinski definition) is 7. The van der Waals surface area contributed by atoms with Crippen molar-refractivity contribution in [2.45, 2.75) is 32.9 Å². The highest BCUT2D eigenvalue weighted by Crippen LogP contribution is 2.23. The summed E-state index contributed by atoms with van der Waals surface area (Å²) in [5, 5.41) is 2.37. The number of benzene rings is 1. The summed E-state index contributed by atoms with van der Waals surface area (Å²) in [5.41, 5.74) is 6.45. The number of nitrogens with two attached hydrogens (primary N) is 1. The molecule has 31 heavy (non-hydrogen) atoms. The van der Waals surface area contributed by atoms with Gasteiger partial charge in [-0.3, -0.25) is 0 Å². The molecule has 2 aromatic heterocycles. The Morgan fingerprint density at radius 3 is 2.87 bits per heavy atom. The van der Waals surface area contributed by atoms with E-state index in [9.17, 15) is 13.6 Å². The minimum Gasteiger partial charge on any atom is -0.491 e. The van der Waals surface area contributed by atoms with E-state index in [1.807, 2.05) is 0 Å². The number of hydrogen-bond donors (Lipinski definition) is 2. The summed E-state index contributed by atoms with van der Waals surface area (Å²) in [6.07, 6.45) is 2.00. The molecule has 0 spiro atoms. The predicted octanol–water partition coefficient (Wildman–Crippen LogP) is 3.45. The summed E-state index contributed by atoms with van der Waals surface area (Å²) >= 11 is 5.83. The SMILES string of the molecule is CCOc1ccc(F)c(CNC(=O)OCCCCn2cnc3c(N)nc(Cl)nc32)c1F. The van der Waals surface area contributed by atoms with Gasteiger partial charge in [0, 0.05) is 12.1 Å². The first-order valence-electron chi connectivity index (χ1n) is 9.54. The summed E-state index contributed by atoms with van der Waals surface area (Å²) in [6, 6.07) is 2.29. The van der Waals surface area contributed by atoms with Gasteiger partial charge in [-0.15, -0.1) is 0 Å². The average Bonchev–Trinajstić information content (AvgIpc) is 3.13. The van der Waals surface area contributed by atoms with Crippen LogP contribution in [0.5, 0.6) is 5.75 Å². The van der Waals surface area contributed by atoms with Crippen LogP contribution in [0.15, 0.2) is 18.5 Å². The lowest BCUT2D eigenvalue weighted by atomic mass is 10.2. The fraction of sp³-hybridized carbons (Fsp3) is 0.368. The molecule has 0 aliphatic rings. The van der Waals surface area contributed by atoms with Crippen LogP contribution < -0.4 is 15.8 Å². The zero-order valence-corrected chi connectivity index (χ0v) is 17.5. The fourth-order valence-corrected chi connectivity index (χ4v) is 3.04. The molecule has 0 saturated carbocycles. The van der Waals surface area contributed by atoms with Crippen LogP contribution in [0.1, 0.15) is 25.3 Å². The zero-order valence-electron chi connectivity index (χ0n) is 16.7. The van der Waals surface area contributed by atoms with E-state index in [-0.39, 0.29) is 42.2 Å². The molecular weight excluding hydrogens is 434 g/mol. The van der Waals surface area contributed by atoms with Crippen LogP contribution in [-0.4, -0.2) is 38.8 Å². The highest BCUT2D eigenvalue weighted by atomic mass is 35.5. The maximum Gasteiger partial charge on any atom is 0.407 e. The maximum absolute atomic E-state index is 14.2. The van der Waals surface area contributed by atoms with Gasteiger partial charge < -0.3 is 25.1 Å². The molecule has 0 bridgehead atoms. The first-order chi connectivity index (χ1) is 14.9. The van der Waals surface area contributed by atoms with Crippen LogP contribution in [0.3, 0.4) is 0 Å². The number of amides is 1. The van der Waals surface area contributed by atoms with E-state index in [0.717, 1.165) is 6.07 Å². The molecule has 0 aliphatic carbocycles. The van der Waals surface area contributed by atoms with E-state index in [1.54, 1.807) is 17.8 Å². The Morgan fingerprint density at radius 1 is 1.29 bits per heavy atom. The van der Waals surface area contributed by atoms with Crippen molar-refractivity contribution in [1.29, 1.82) is 0 Å². The zero-order chi connectivity index (χ0) is 22.4. The minimum atomic E-state index is -0.848. The normalized spacial score (nSPS) is 11.0. The summed E-state index contributed by atoms with van der Waals surface area (Å²) in [4.78, 5) is 23.9. The number of unbranched alkanes of at least 4 members (excludes halogenated alkanes) is 1. The van der Waals surface area contributed by atoms with E-state index in [0.29, 0.717) is 30.6 Å².